The van der Waals surface area contributed by atoms with Crippen molar-refractivity contribution in [2.24, 2.45) is 5.73 Å². The van der Waals surface area contributed by atoms with Gasteiger partial charge in [0.1, 0.15) is 5.82 Å². The first-order chi connectivity index (χ1) is 8.97. The van der Waals surface area contributed by atoms with Gasteiger partial charge in [0.25, 0.3) is 5.91 Å². The van der Waals surface area contributed by atoms with Gasteiger partial charge in [-0.05, 0) is 45.0 Å². The lowest BCUT2D eigenvalue weighted by Gasteiger charge is -2.35. The van der Waals surface area contributed by atoms with Crippen LogP contribution >= 0.6 is 0 Å². The van der Waals surface area contributed by atoms with Gasteiger partial charge in [-0.2, -0.15) is 0 Å². The Bertz CT molecular complexity index is 478. The van der Waals surface area contributed by atoms with Gasteiger partial charge in [-0.25, -0.2) is 4.39 Å². The monoisotopic (exact) mass is 265 g/mol. The van der Waals surface area contributed by atoms with Gasteiger partial charge in [-0.3, -0.25) is 4.79 Å². The maximum absolute atomic E-state index is 13.4. The molecule has 0 saturated carbocycles. The van der Waals surface area contributed by atoms with Gasteiger partial charge in [-0.15, -0.1) is 0 Å². The van der Waals surface area contributed by atoms with Crippen molar-refractivity contribution in [3.8, 4) is 0 Å². The molecule has 19 heavy (non-hydrogen) atoms. The molecule has 1 saturated heterocycles. The number of hydrogen-bond donors (Lipinski definition) is 2. The molecule has 1 fully saturated rings. The molecule has 0 bridgehead atoms. The molecule has 2 rings (SSSR count). The summed E-state index contributed by atoms with van der Waals surface area (Å²) in [6.45, 7) is 3.22. The van der Waals surface area contributed by atoms with E-state index >= 15 is 0 Å². The van der Waals surface area contributed by atoms with Gasteiger partial charge in [0.2, 0.25) is 0 Å². The normalized spacial score (nSPS) is 24.2. The first-order valence-electron chi connectivity index (χ1n) is 6.53. The molecule has 1 heterocycles. The first-order valence-corrected chi connectivity index (χ1v) is 6.53. The number of piperidine rings is 1. The summed E-state index contributed by atoms with van der Waals surface area (Å²) >= 11 is 0. The van der Waals surface area contributed by atoms with Gasteiger partial charge in [0, 0.05) is 24.3 Å². The summed E-state index contributed by atoms with van der Waals surface area (Å²) in [6.07, 6.45) is 2.06. The molecule has 0 radical (unpaired) electrons. The fraction of sp³-hybridized carbons (Fsp3) is 0.500. The number of hydrogen-bond acceptors (Lipinski definition) is 3. The fourth-order valence-corrected chi connectivity index (χ4v) is 2.46. The Balaban J connectivity index is 2.07. The van der Waals surface area contributed by atoms with Crippen LogP contribution in [-0.4, -0.2) is 36.5 Å². The van der Waals surface area contributed by atoms with E-state index in [1.165, 1.54) is 12.1 Å². The number of carbonyl (C=O) groups excluding carboxylic acids is 1. The van der Waals surface area contributed by atoms with E-state index in [1.54, 1.807) is 6.07 Å². The highest BCUT2D eigenvalue weighted by Gasteiger charge is 2.22. The summed E-state index contributed by atoms with van der Waals surface area (Å²) in [5.74, 6) is -1.31. The molecule has 2 atom stereocenters. The highest BCUT2D eigenvalue weighted by molar-refractivity contribution is 5.94. The summed E-state index contributed by atoms with van der Waals surface area (Å²) in [6, 6.07) is 5.27. The van der Waals surface area contributed by atoms with E-state index in [1.807, 2.05) is 0 Å². The minimum Gasteiger partial charge on any atom is -0.382 e. The molecule has 1 aliphatic rings. The number of nitrogens with zero attached hydrogens (tertiary/aromatic N) is 1. The molecular formula is C14H20FN3O. The van der Waals surface area contributed by atoms with E-state index in [2.05, 4.69) is 24.2 Å². The van der Waals surface area contributed by atoms with Crippen LogP contribution in [-0.2, 0) is 0 Å². The number of likely N-dealkylation sites (tertiary alicyclic amines) is 1. The molecule has 0 spiro atoms. The largest absolute Gasteiger partial charge is 0.382 e. The van der Waals surface area contributed by atoms with Crippen molar-refractivity contribution in [3.63, 3.8) is 0 Å². The number of halogens is 1. The second kappa shape index (κ2) is 5.57. The van der Waals surface area contributed by atoms with Gasteiger partial charge >= 0.3 is 0 Å². The van der Waals surface area contributed by atoms with Crippen molar-refractivity contribution in [3.05, 3.63) is 29.6 Å². The molecule has 1 aromatic carbocycles. The molecule has 1 aromatic rings. The SMILES string of the molecule is CC1CC(Nc2ccc(F)c(C(N)=O)c2)CCN1C. The summed E-state index contributed by atoms with van der Waals surface area (Å²) in [4.78, 5) is 13.4. The number of nitrogens with one attached hydrogen (secondary N) is 1. The Hall–Kier alpha value is -1.62. The van der Waals surface area contributed by atoms with Crippen molar-refractivity contribution in [1.29, 1.82) is 0 Å². The maximum atomic E-state index is 13.4. The summed E-state index contributed by atoms with van der Waals surface area (Å²) in [7, 11) is 2.12. The highest BCUT2D eigenvalue weighted by atomic mass is 19.1. The van der Waals surface area contributed by atoms with Crippen LogP contribution in [0.5, 0.6) is 0 Å². The maximum Gasteiger partial charge on any atom is 0.251 e. The van der Waals surface area contributed by atoms with E-state index in [-0.39, 0.29) is 5.56 Å². The lowest BCUT2D eigenvalue weighted by molar-refractivity contribution is 0.0996. The third kappa shape index (κ3) is 3.23. The first kappa shape index (κ1) is 13.8. The Morgan fingerprint density at radius 1 is 1.53 bits per heavy atom. The molecule has 0 aromatic heterocycles. The number of carbonyl (C=O) groups is 1. The van der Waals surface area contributed by atoms with Gasteiger partial charge in [-0.1, -0.05) is 0 Å². The molecule has 1 aliphatic heterocycles. The van der Waals surface area contributed by atoms with Crippen molar-refractivity contribution in [2.75, 3.05) is 18.9 Å². The number of nitrogens with two attached hydrogens (primary N) is 1. The summed E-state index contributed by atoms with van der Waals surface area (Å²) < 4.78 is 13.4. The number of anilines is 1. The standard InChI is InChI=1S/C14H20FN3O/c1-9-7-11(5-6-18(9)2)17-10-3-4-13(15)12(8-10)14(16)19/h3-4,8-9,11,17H,5-7H2,1-2H3,(H2,16,19). The van der Waals surface area contributed by atoms with Crippen LogP contribution in [0.2, 0.25) is 0 Å². The zero-order chi connectivity index (χ0) is 14.0. The summed E-state index contributed by atoms with van der Waals surface area (Å²) in [5.41, 5.74) is 5.83. The van der Waals surface area contributed by atoms with E-state index in [9.17, 15) is 9.18 Å². The molecule has 5 heteroatoms. The molecular weight excluding hydrogens is 245 g/mol. The van der Waals surface area contributed by atoms with Crippen LogP contribution in [0.25, 0.3) is 0 Å². The molecule has 104 valence electrons. The van der Waals surface area contributed by atoms with Crippen molar-refractivity contribution in [2.45, 2.75) is 31.8 Å². The predicted molar refractivity (Wildman–Crippen MR) is 73.7 cm³/mol. The minimum atomic E-state index is -0.738. The van der Waals surface area contributed by atoms with Crippen LogP contribution in [0, 0.1) is 5.82 Å². The molecule has 2 unspecified atom stereocenters. The van der Waals surface area contributed by atoms with Crippen molar-refractivity contribution >= 4 is 11.6 Å². The number of rotatable bonds is 3. The van der Waals surface area contributed by atoms with E-state index in [0.29, 0.717) is 12.1 Å². The van der Waals surface area contributed by atoms with Gasteiger partial charge in [0.05, 0.1) is 5.56 Å². The Morgan fingerprint density at radius 2 is 2.26 bits per heavy atom. The number of primary amides is 1. The van der Waals surface area contributed by atoms with Crippen LogP contribution in [0.1, 0.15) is 30.1 Å². The Kier molecular flexibility index (Phi) is 4.04. The van der Waals surface area contributed by atoms with Crippen molar-refractivity contribution in [1.82, 2.24) is 4.90 Å². The zero-order valence-corrected chi connectivity index (χ0v) is 11.3. The van der Waals surface area contributed by atoms with E-state index < -0.39 is 11.7 Å². The van der Waals surface area contributed by atoms with Gasteiger partial charge in [0.15, 0.2) is 0 Å². The zero-order valence-electron chi connectivity index (χ0n) is 11.3. The average molecular weight is 265 g/mol. The predicted octanol–water partition coefficient (Wildman–Crippen LogP) is 1.82. The van der Waals surface area contributed by atoms with Crippen LogP contribution < -0.4 is 11.1 Å². The molecule has 1 amide bonds. The van der Waals surface area contributed by atoms with Crippen LogP contribution in [0.15, 0.2) is 18.2 Å². The molecule has 4 nitrogen and oxygen atoms in total. The number of amides is 1. The lowest BCUT2D eigenvalue weighted by Crippen LogP contribution is -2.42. The Morgan fingerprint density at radius 3 is 2.89 bits per heavy atom. The smallest absolute Gasteiger partial charge is 0.251 e. The quantitative estimate of drug-likeness (QED) is 0.876. The van der Waals surface area contributed by atoms with E-state index in [4.69, 9.17) is 5.73 Å². The lowest BCUT2D eigenvalue weighted by atomic mass is 9.98. The second-order valence-electron chi connectivity index (χ2n) is 5.25. The minimum absolute atomic E-state index is 0.0639. The van der Waals surface area contributed by atoms with Crippen molar-refractivity contribution < 1.29 is 9.18 Å². The third-order valence-electron chi connectivity index (χ3n) is 3.81. The molecule has 0 aliphatic carbocycles. The third-order valence-corrected chi connectivity index (χ3v) is 3.81. The second-order valence-corrected chi connectivity index (χ2v) is 5.25. The summed E-state index contributed by atoms with van der Waals surface area (Å²) in [5, 5.41) is 3.35. The molecule has 3 N–H and O–H groups in total. The highest BCUT2D eigenvalue weighted by Crippen LogP contribution is 2.21. The van der Waals surface area contributed by atoms with Crippen LogP contribution in [0.4, 0.5) is 10.1 Å². The topological polar surface area (TPSA) is 58.4 Å². The van der Waals surface area contributed by atoms with E-state index in [0.717, 1.165) is 25.1 Å². The number of benzene rings is 1. The Labute approximate surface area is 112 Å². The fourth-order valence-electron chi connectivity index (χ4n) is 2.46. The average Bonchev–Trinajstić information content (AvgIpc) is 2.36. The van der Waals surface area contributed by atoms with Crippen LogP contribution in [0.3, 0.4) is 0 Å². The van der Waals surface area contributed by atoms with Gasteiger partial charge < -0.3 is 16.0 Å².